The number of nitrogens with zero attached hydrogens (tertiary/aromatic N) is 3. The third kappa shape index (κ3) is 3.16. The van der Waals surface area contributed by atoms with Crippen molar-refractivity contribution in [2.24, 2.45) is 5.73 Å². The van der Waals surface area contributed by atoms with Crippen molar-refractivity contribution < 1.29 is 9.59 Å². The topological polar surface area (TPSA) is 101 Å². The quantitative estimate of drug-likeness (QED) is 0.718. The van der Waals surface area contributed by atoms with Gasteiger partial charge in [-0.25, -0.2) is 4.98 Å². The van der Waals surface area contributed by atoms with Crippen molar-refractivity contribution in [2.45, 2.75) is 18.9 Å². The standard InChI is InChI=1S/C11H15N5O2/c1-16(6-10(17)14-7-2-3-7)9-5-13-4-8(15-9)11(12)18/h4-5,7H,2-3,6H2,1H3,(H2,12,18)(H,14,17). The molecule has 0 unspecified atom stereocenters. The second-order valence-corrected chi connectivity index (χ2v) is 4.32. The van der Waals surface area contributed by atoms with E-state index < -0.39 is 5.91 Å². The molecule has 1 fully saturated rings. The minimum absolute atomic E-state index is 0.0636. The number of nitrogens with two attached hydrogens (primary N) is 1. The first-order chi connectivity index (χ1) is 8.56. The molecule has 0 aliphatic heterocycles. The highest BCUT2D eigenvalue weighted by atomic mass is 16.2. The number of carbonyl (C=O) groups excluding carboxylic acids is 2. The summed E-state index contributed by atoms with van der Waals surface area (Å²) < 4.78 is 0. The normalized spacial score (nSPS) is 14.1. The largest absolute Gasteiger partial charge is 0.364 e. The van der Waals surface area contributed by atoms with E-state index in [9.17, 15) is 9.59 Å². The van der Waals surface area contributed by atoms with Gasteiger partial charge < -0.3 is 16.0 Å². The number of hydrogen-bond donors (Lipinski definition) is 2. The average molecular weight is 249 g/mol. The van der Waals surface area contributed by atoms with E-state index in [1.165, 1.54) is 12.4 Å². The van der Waals surface area contributed by atoms with Crippen molar-refractivity contribution >= 4 is 17.6 Å². The minimum Gasteiger partial charge on any atom is -0.364 e. The number of amides is 2. The van der Waals surface area contributed by atoms with Crippen molar-refractivity contribution in [3.05, 3.63) is 18.1 Å². The summed E-state index contributed by atoms with van der Waals surface area (Å²) in [6.07, 6.45) is 4.87. The fraction of sp³-hybridized carbons (Fsp3) is 0.455. The summed E-state index contributed by atoms with van der Waals surface area (Å²) in [5.74, 6) is -0.260. The van der Waals surface area contributed by atoms with Crippen molar-refractivity contribution in [1.29, 1.82) is 0 Å². The van der Waals surface area contributed by atoms with Gasteiger partial charge in [-0.2, -0.15) is 0 Å². The molecule has 2 amide bonds. The lowest BCUT2D eigenvalue weighted by Gasteiger charge is -2.17. The molecule has 0 saturated heterocycles. The number of anilines is 1. The molecule has 7 nitrogen and oxygen atoms in total. The molecule has 1 aromatic rings. The molecule has 1 saturated carbocycles. The van der Waals surface area contributed by atoms with Crippen LogP contribution in [-0.2, 0) is 4.79 Å². The maximum Gasteiger partial charge on any atom is 0.268 e. The molecule has 7 heteroatoms. The predicted octanol–water partition coefficient (Wildman–Crippen LogP) is -0.710. The Labute approximate surface area is 104 Å². The molecule has 0 aromatic carbocycles. The van der Waals surface area contributed by atoms with Gasteiger partial charge in [0.2, 0.25) is 5.91 Å². The van der Waals surface area contributed by atoms with Gasteiger partial charge in [-0.05, 0) is 12.8 Å². The molecule has 0 atom stereocenters. The highest BCUT2D eigenvalue weighted by molar-refractivity contribution is 5.90. The Morgan fingerprint density at radius 3 is 2.83 bits per heavy atom. The summed E-state index contributed by atoms with van der Waals surface area (Å²) in [6.45, 7) is 0.174. The van der Waals surface area contributed by atoms with E-state index in [0.717, 1.165) is 12.8 Å². The maximum absolute atomic E-state index is 11.6. The highest BCUT2D eigenvalue weighted by Gasteiger charge is 2.23. The Bertz CT molecular complexity index is 472. The van der Waals surface area contributed by atoms with Gasteiger partial charge in [0, 0.05) is 13.1 Å². The third-order valence-corrected chi connectivity index (χ3v) is 2.59. The minimum atomic E-state index is -0.639. The first-order valence-electron chi connectivity index (χ1n) is 5.68. The third-order valence-electron chi connectivity index (χ3n) is 2.59. The van der Waals surface area contributed by atoms with Crippen LogP contribution in [0.25, 0.3) is 0 Å². The Kier molecular flexibility index (Phi) is 3.40. The second-order valence-electron chi connectivity index (χ2n) is 4.32. The van der Waals surface area contributed by atoms with E-state index in [1.54, 1.807) is 11.9 Å². The predicted molar refractivity (Wildman–Crippen MR) is 65.0 cm³/mol. The lowest BCUT2D eigenvalue weighted by atomic mass is 10.4. The fourth-order valence-corrected chi connectivity index (χ4v) is 1.46. The summed E-state index contributed by atoms with van der Waals surface area (Å²) in [7, 11) is 1.71. The van der Waals surface area contributed by atoms with Crippen LogP contribution in [0.1, 0.15) is 23.3 Å². The molecule has 1 heterocycles. The molecule has 0 bridgehead atoms. The van der Waals surface area contributed by atoms with Crippen LogP contribution in [0.15, 0.2) is 12.4 Å². The monoisotopic (exact) mass is 249 g/mol. The van der Waals surface area contributed by atoms with E-state index in [-0.39, 0.29) is 18.1 Å². The Morgan fingerprint density at radius 1 is 1.50 bits per heavy atom. The van der Waals surface area contributed by atoms with Gasteiger partial charge >= 0.3 is 0 Å². The highest BCUT2D eigenvalue weighted by Crippen LogP contribution is 2.18. The van der Waals surface area contributed by atoms with Gasteiger partial charge in [-0.15, -0.1) is 0 Å². The number of hydrogen-bond acceptors (Lipinski definition) is 5. The smallest absolute Gasteiger partial charge is 0.268 e. The van der Waals surface area contributed by atoms with Crippen molar-refractivity contribution in [1.82, 2.24) is 15.3 Å². The molecular formula is C11H15N5O2. The summed E-state index contributed by atoms with van der Waals surface area (Å²) >= 11 is 0. The number of aromatic nitrogens is 2. The van der Waals surface area contributed by atoms with Crippen molar-refractivity contribution in [3.8, 4) is 0 Å². The number of nitrogens with one attached hydrogen (secondary N) is 1. The van der Waals surface area contributed by atoms with Crippen LogP contribution < -0.4 is 16.0 Å². The zero-order chi connectivity index (χ0) is 13.1. The molecular weight excluding hydrogens is 234 g/mol. The lowest BCUT2D eigenvalue weighted by molar-refractivity contribution is -0.119. The van der Waals surface area contributed by atoms with Crippen LogP contribution in [0.5, 0.6) is 0 Å². The van der Waals surface area contributed by atoms with Gasteiger partial charge in [0.15, 0.2) is 0 Å². The zero-order valence-electron chi connectivity index (χ0n) is 10.1. The van der Waals surface area contributed by atoms with Gasteiger partial charge in [-0.3, -0.25) is 14.6 Å². The number of rotatable bonds is 5. The van der Waals surface area contributed by atoms with Gasteiger partial charge in [0.25, 0.3) is 5.91 Å². The van der Waals surface area contributed by atoms with Crippen LogP contribution in [-0.4, -0.2) is 41.4 Å². The van der Waals surface area contributed by atoms with E-state index in [2.05, 4.69) is 15.3 Å². The summed E-state index contributed by atoms with van der Waals surface area (Å²) in [5.41, 5.74) is 5.20. The molecule has 1 aromatic heterocycles. The van der Waals surface area contributed by atoms with Crippen LogP contribution in [0.4, 0.5) is 5.82 Å². The number of carbonyl (C=O) groups is 2. The molecule has 2 rings (SSSR count). The molecule has 3 N–H and O–H groups in total. The van der Waals surface area contributed by atoms with E-state index in [1.807, 2.05) is 0 Å². The van der Waals surface area contributed by atoms with Crippen LogP contribution in [0.3, 0.4) is 0 Å². The summed E-state index contributed by atoms with van der Waals surface area (Å²) in [6, 6.07) is 0.328. The van der Waals surface area contributed by atoms with Gasteiger partial charge in [-0.1, -0.05) is 0 Å². The van der Waals surface area contributed by atoms with Crippen LogP contribution in [0.2, 0.25) is 0 Å². The van der Waals surface area contributed by atoms with E-state index in [4.69, 9.17) is 5.73 Å². The molecule has 18 heavy (non-hydrogen) atoms. The van der Waals surface area contributed by atoms with Crippen LogP contribution >= 0.6 is 0 Å². The average Bonchev–Trinajstić information content (AvgIpc) is 3.12. The van der Waals surface area contributed by atoms with Crippen molar-refractivity contribution in [3.63, 3.8) is 0 Å². The number of primary amides is 1. The van der Waals surface area contributed by atoms with E-state index in [0.29, 0.717) is 11.9 Å². The zero-order valence-corrected chi connectivity index (χ0v) is 10.1. The molecule has 1 aliphatic carbocycles. The molecule has 1 aliphatic rings. The Hall–Kier alpha value is -2.18. The Balaban J connectivity index is 1.98. The van der Waals surface area contributed by atoms with Gasteiger partial charge in [0.05, 0.1) is 18.9 Å². The van der Waals surface area contributed by atoms with Crippen molar-refractivity contribution in [2.75, 3.05) is 18.5 Å². The molecule has 0 spiro atoms. The number of likely N-dealkylation sites (N-methyl/N-ethyl adjacent to an activating group) is 1. The molecule has 96 valence electrons. The van der Waals surface area contributed by atoms with Crippen LogP contribution in [0, 0.1) is 0 Å². The van der Waals surface area contributed by atoms with E-state index >= 15 is 0 Å². The first kappa shape index (κ1) is 12.3. The summed E-state index contributed by atoms with van der Waals surface area (Å²) in [5, 5.41) is 2.87. The second kappa shape index (κ2) is 4.99. The lowest BCUT2D eigenvalue weighted by Crippen LogP contribution is -2.36. The first-order valence-corrected chi connectivity index (χ1v) is 5.68. The fourth-order valence-electron chi connectivity index (χ4n) is 1.46. The maximum atomic E-state index is 11.6. The Morgan fingerprint density at radius 2 is 2.22 bits per heavy atom. The molecule has 0 radical (unpaired) electrons. The van der Waals surface area contributed by atoms with Gasteiger partial charge in [0.1, 0.15) is 11.5 Å². The summed E-state index contributed by atoms with van der Waals surface area (Å²) in [4.78, 5) is 32.1. The SMILES string of the molecule is CN(CC(=O)NC1CC1)c1cncc(C(N)=O)n1.